The van der Waals surface area contributed by atoms with E-state index in [0.29, 0.717) is 23.8 Å². The highest BCUT2D eigenvalue weighted by molar-refractivity contribution is 6.05. The molecule has 0 aromatic heterocycles. The minimum absolute atomic E-state index is 0.291. The predicted octanol–water partition coefficient (Wildman–Crippen LogP) is 0.881. The van der Waals surface area contributed by atoms with E-state index >= 15 is 0 Å². The molecule has 0 atom stereocenters. The van der Waals surface area contributed by atoms with Gasteiger partial charge < -0.3 is 4.98 Å². The van der Waals surface area contributed by atoms with Crippen molar-refractivity contribution in [3.05, 3.63) is 0 Å². The van der Waals surface area contributed by atoms with Gasteiger partial charge in [-0.25, -0.2) is 0 Å². The Hall–Kier alpha value is 0.0969. The molecule has 1 aliphatic rings. The highest BCUT2D eigenvalue weighted by Crippen LogP contribution is 2.30. The van der Waals surface area contributed by atoms with Crippen molar-refractivity contribution in [3.8, 4) is 0 Å². The zero-order valence-corrected chi connectivity index (χ0v) is 14.3. The first-order chi connectivity index (χ1) is 8.00. The molecule has 0 heterocycles. The van der Waals surface area contributed by atoms with Gasteiger partial charge in [-0.3, -0.25) is 10.6 Å². The summed E-state index contributed by atoms with van der Waals surface area (Å²) in [7, 11) is 1.07. The molecule has 0 aromatic carbocycles. The van der Waals surface area contributed by atoms with Gasteiger partial charge in [0.1, 0.15) is 0 Å². The molecular formula is C13H31N3Si. The summed E-state index contributed by atoms with van der Waals surface area (Å²) in [5.41, 5.74) is 0.291. The van der Waals surface area contributed by atoms with Crippen molar-refractivity contribution in [1.82, 2.24) is 15.6 Å². The van der Waals surface area contributed by atoms with Crippen LogP contribution in [0.25, 0.3) is 0 Å². The summed E-state index contributed by atoms with van der Waals surface area (Å²) >= 11 is 0. The maximum absolute atomic E-state index is 3.74. The first-order valence-corrected chi connectivity index (χ1v) is 8.21. The van der Waals surface area contributed by atoms with Gasteiger partial charge in [0, 0.05) is 17.6 Å². The number of hydrogen-bond acceptors (Lipinski definition) is 3. The van der Waals surface area contributed by atoms with Crippen LogP contribution in [0.5, 0.6) is 0 Å². The lowest BCUT2D eigenvalue weighted by Crippen LogP contribution is -2.67. The fourth-order valence-corrected chi connectivity index (χ4v) is 3.69. The molecule has 1 rings (SSSR count). The molecular weight excluding hydrogens is 226 g/mol. The smallest absolute Gasteiger partial charge is 0.0757 e. The normalized spacial score (nSPS) is 20.6. The number of hydrogen-bond donors (Lipinski definition) is 3. The van der Waals surface area contributed by atoms with Gasteiger partial charge >= 0.3 is 0 Å². The van der Waals surface area contributed by atoms with Crippen LogP contribution in [-0.4, -0.2) is 34.2 Å². The molecule has 0 amide bonds. The van der Waals surface area contributed by atoms with Crippen LogP contribution in [0, 0.1) is 0 Å². The van der Waals surface area contributed by atoms with Crippen molar-refractivity contribution in [3.63, 3.8) is 0 Å². The summed E-state index contributed by atoms with van der Waals surface area (Å²) in [6.07, 6.45) is 7.15. The summed E-state index contributed by atoms with van der Waals surface area (Å²) in [5, 5.41) is 7.44. The van der Waals surface area contributed by atoms with Gasteiger partial charge in [0.05, 0.1) is 16.6 Å². The molecule has 1 fully saturated rings. The summed E-state index contributed by atoms with van der Waals surface area (Å²) in [4.78, 5) is 3.74. The molecule has 3 nitrogen and oxygen atoms in total. The number of nitrogens with one attached hydrogen (secondary N) is 3. The molecule has 0 radical (unpaired) electrons. The van der Waals surface area contributed by atoms with Gasteiger partial charge in [0.15, 0.2) is 0 Å². The van der Waals surface area contributed by atoms with Crippen LogP contribution in [0.15, 0.2) is 0 Å². The minimum Gasteiger partial charge on any atom is -0.338 e. The average Bonchev–Trinajstić information content (AvgIpc) is 2.28. The van der Waals surface area contributed by atoms with Crippen molar-refractivity contribution in [1.29, 1.82) is 0 Å². The van der Waals surface area contributed by atoms with Gasteiger partial charge in [-0.2, -0.15) is 0 Å². The zero-order valence-electron chi connectivity index (χ0n) is 12.3. The number of rotatable bonds is 6. The summed E-state index contributed by atoms with van der Waals surface area (Å²) in [6, 6.07) is 1.06. The third-order valence-corrected chi connectivity index (χ3v) is 4.79. The second-order valence-electron chi connectivity index (χ2n) is 6.04. The molecule has 4 heteroatoms. The van der Waals surface area contributed by atoms with Crippen LogP contribution < -0.4 is 15.6 Å². The van der Waals surface area contributed by atoms with E-state index in [0.717, 1.165) is 10.4 Å². The minimum atomic E-state index is 0.291. The van der Waals surface area contributed by atoms with Gasteiger partial charge in [-0.15, -0.1) is 0 Å². The van der Waals surface area contributed by atoms with Crippen molar-refractivity contribution in [2.24, 2.45) is 0 Å². The lowest BCUT2D eigenvalue weighted by Gasteiger charge is -2.46. The molecule has 3 N–H and O–H groups in total. The maximum Gasteiger partial charge on any atom is 0.0757 e. The highest BCUT2D eigenvalue weighted by atomic mass is 28.2. The first kappa shape index (κ1) is 15.2. The predicted molar refractivity (Wildman–Crippen MR) is 79.2 cm³/mol. The Bertz CT molecular complexity index is 203. The standard InChI is InChI=1S/C13H31N3Si/c1-10(2)14-12(15-11(3)4)13(16-17)8-6-5-7-9-13/h10-12,14-16H,5-9H2,1-4,17H3. The Labute approximate surface area is 110 Å². The molecule has 0 aliphatic heterocycles. The molecule has 0 spiro atoms. The Balaban J connectivity index is 2.75. The topological polar surface area (TPSA) is 36.1 Å². The Morgan fingerprint density at radius 2 is 1.35 bits per heavy atom. The van der Waals surface area contributed by atoms with Gasteiger partial charge in [-0.1, -0.05) is 19.3 Å². The average molecular weight is 257 g/mol. The van der Waals surface area contributed by atoms with E-state index in [2.05, 4.69) is 43.3 Å². The maximum atomic E-state index is 3.74. The molecule has 0 aromatic rings. The van der Waals surface area contributed by atoms with Crippen LogP contribution >= 0.6 is 0 Å². The van der Waals surface area contributed by atoms with Crippen molar-refractivity contribution >= 4 is 10.4 Å². The van der Waals surface area contributed by atoms with Crippen LogP contribution in [0.1, 0.15) is 59.8 Å². The Morgan fingerprint density at radius 1 is 0.882 bits per heavy atom. The van der Waals surface area contributed by atoms with E-state index < -0.39 is 0 Å². The van der Waals surface area contributed by atoms with Crippen molar-refractivity contribution in [2.75, 3.05) is 0 Å². The lowest BCUT2D eigenvalue weighted by molar-refractivity contribution is 0.156. The fraction of sp³-hybridized carbons (Fsp3) is 1.00. The molecule has 0 bridgehead atoms. The SMILES string of the molecule is CC(C)NC(NC(C)C)C1(N[SiH3])CCCCC1. The first-order valence-electron chi connectivity index (χ1n) is 7.21. The molecule has 1 saturated carbocycles. The van der Waals surface area contributed by atoms with Crippen molar-refractivity contribution < 1.29 is 0 Å². The molecule has 1 aliphatic carbocycles. The van der Waals surface area contributed by atoms with E-state index in [4.69, 9.17) is 0 Å². The van der Waals surface area contributed by atoms with Crippen LogP contribution in [0.4, 0.5) is 0 Å². The lowest BCUT2D eigenvalue weighted by atomic mass is 9.79. The molecule has 0 saturated heterocycles. The summed E-state index contributed by atoms with van der Waals surface area (Å²) in [6.45, 7) is 8.94. The molecule has 102 valence electrons. The highest BCUT2D eigenvalue weighted by Gasteiger charge is 2.38. The van der Waals surface area contributed by atoms with Crippen LogP contribution in [0.3, 0.4) is 0 Å². The third-order valence-electron chi connectivity index (χ3n) is 3.80. The summed E-state index contributed by atoms with van der Waals surface area (Å²) in [5.74, 6) is 0. The van der Waals surface area contributed by atoms with E-state index in [1.807, 2.05) is 0 Å². The van der Waals surface area contributed by atoms with Crippen LogP contribution in [-0.2, 0) is 0 Å². The van der Waals surface area contributed by atoms with E-state index in [-0.39, 0.29) is 0 Å². The largest absolute Gasteiger partial charge is 0.338 e. The van der Waals surface area contributed by atoms with E-state index in [1.165, 1.54) is 32.1 Å². The monoisotopic (exact) mass is 257 g/mol. The Morgan fingerprint density at radius 3 is 1.71 bits per heavy atom. The second kappa shape index (κ2) is 6.88. The van der Waals surface area contributed by atoms with Crippen LogP contribution in [0.2, 0.25) is 0 Å². The van der Waals surface area contributed by atoms with Gasteiger partial charge in [0.2, 0.25) is 0 Å². The summed E-state index contributed by atoms with van der Waals surface area (Å²) < 4.78 is 0. The third kappa shape index (κ3) is 4.36. The van der Waals surface area contributed by atoms with E-state index in [1.54, 1.807) is 0 Å². The molecule has 0 unspecified atom stereocenters. The Kier molecular flexibility index (Phi) is 6.13. The zero-order chi connectivity index (χ0) is 12.9. The van der Waals surface area contributed by atoms with Gasteiger partial charge in [-0.05, 0) is 40.5 Å². The van der Waals surface area contributed by atoms with Crippen molar-refractivity contribution in [2.45, 2.75) is 83.6 Å². The quantitative estimate of drug-likeness (QED) is 0.488. The second-order valence-corrected chi connectivity index (χ2v) is 6.54. The fourth-order valence-electron chi connectivity index (χ4n) is 2.90. The van der Waals surface area contributed by atoms with Gasteiger partial charge in [0.25, 0.3) is 0 Å². The van der Waals surface area contributed by atoms with E-state index in [9.17, 15) is 0 Å². The molecule has 17 heavy (non-hydrogen) atoms.